The van der Waals surface area contributed by atoms with Crippen molar-refractivity contribution in [2.75, 3.05) is 24.3 Å². The topological polar surface area (TPSA) is 76.5 Å². The van der Waals surface area contributed by atoms with E-state index < -0.39 is 0 Å². The van der Waals surface area contributed by atoms with Gasteiger partial charge in [0, 0.05) is 22.0 Å². The van der Waals surface area contributed by atoms with Crippen LogP contribution in [0.4, 0.5) is 5.82 Å². The molecular formula is C28H33ClN4O3S. The summed E-state index contributed by atoms with van der Waals surface area (Å²) in [5.41, 5.74) is 3.20. The average Bonchev–Trinajstić information content (AvgIpc) is 3.17. The fourth-order valence-electron chi connectivity index (χ4n) is 4.42. The first-order valence-electron chi connectivity index (χ1n) is 12.2. The summed E-state index contributed by atoms with van der Waals surface area (Å²) < 4.78 is 7.14. The lowest BCUT2D eigenvalue weighted by molar-refractivity contribution is -0.123. The lowest BCUT2D eigenvalue weighted by Gasteiger charge is -2.25. The minimum Gasteiger partial charge on any atom is -0.497 e. The molecule has 0 fully saturated rings. The van der Waals surface area contributed by atoms with Crippen LogP contribution in [0.25, 0.3) is 5.69 Å². The van der Waals surface area contributed by atoms with Crippen molar-refractivity contribution >= 4 is 41.0 Å². The number of carbonyl (C=O) groups excluding carboxylic acids is 2. The van der Waals surface area contributed by atoms with Gasteiger partial charge in [-0.25, -0.2) is 4.68 Å². The van der Waals surface area contributed by atoms with Crippen LogP contribution < -0.4 is 15.0 Å². The summed E-state index contributed by atoms with van der Waals surface area (Å²) in [5.74, 6) is 1.17. The second-order valence-corrected chi connectivity index (χ2v) is 11.9. The Labute approximate surface area is 227 Å². The minimum absolute atomic E-state index is 0.0423. The molecule has 0 radical (unpaired) electrons. The fourth-order valence-corrected chi connectivity index (χ4v) is 5.81. The molecule has 196 valence electrons. The minimum atomic E-state index is -0.335. The molecule has 1 aliphatic rings. The number of ether oxygens (including phenoxy) is 1. The van der Waals surface area contributed by atoms with Gasteiger partial charge in [-0.3, -0.25) is 14.5 Å². The van der Waals surface area contributed by atoms with Crippen LogP contribution in [0.1, 0.15) is 56.7 Å². The van der Waals surface area contributed by atoms with Crippen LogP contribution in [0.2, 0.25) is 5.02 Å². The molecule has 4 rings (SSSR count). The van der Waals surface area contributed by atoms with Gasteiger partial charge >= 0.3 is 0 Å². The molecule has 1 aliphatic heterocycles. The number of anilines is 1. The smallest absolute Gasteiger partial charge is 0.240 e. The Hall–Kier alpha value is -2.97. The van der Waals surface area contributed by atoms with Gasteiger partial charge in [-0.2, -0.15) is 5.10 Å². The van der Waals surface area contributed by atoms with Crippen molar-refractivity contribution in [1.29, 1.82) is 0 Å². The molecule has 0 saturated carbocycles. The normalized spacial score (nSPS) is 15.9. The Kier molecular flexibility index (Phi) is 7.90. The van der Waals surface area contributed by atoms with E-state index in [1.807, 2.05) is 62.4 Å². The molecule has 1 aromatic heterocycles. The number of aromatic nitrogens is 2. The second kappa shape index (κ2) is 10.8. The highest BCUT2D eigenvalue weighted by Crippen LogP contribution is 2.48. The molecule has 2 aromatic carbocycles. The van der Waals surface area contributed by atoms with E-state index >= 15 is 0 Å². The van der Waals surface area contributed by atoms with E-state index in [-0.39, 0.29) is 40.8 Å². The molecular weight excluding hydrogens is 508 g/mol. The number of nitrogens with one attached hydrogen (secondary N) is 1. The predicted octanol–water partition coefficient (Wildman–Crippen LogP) is 5.53. The maximum Gasteiger partial charge on any atom is 0.240 e. The van der Waals surface area contributed by atoms with Crippen molar-refractivity contribution in [3.05, 3.63) is 70.4 Å². The van der Waals surface area contributed by atoms with Gasteiger partial charge in [0.15, 0.2) is 0 Å². The zero-order valence-electron chi connectivity index (χ0n) is 22.0. The summed E-state index contributed by atoms with van der Waals surface area (Å²) in [4.78, 5) is 28.1. The van der Waals surface area contributed by atoms with Crippen molar-refractivity contribution in [1.82, 2.24) is 15.1 Å². The number of benzene rings is 2. The standard InChI is InChI=1S/C28H33ClN4O3S/c1-17(2)30-22(34)15-32-23(35)16-37-25(18-8-7-9-19(29)14-18)24-26(28(3,4)5)31-33(27(24)32)20-10-12-21(36-6)13-11-20/h7-14,17,25H,15-16H2,1-6H3,(H,30,34). The van der Waals surface area contributed by atoms with Crippen molar-refractivity contribution in [2.24, 2.45) is 0 Å². The molecule has 0 aliphatic carbocycles. The predicted molar refractivity (Wildman–Crippen MR) is 150 cm³/mol. The maximum atomic E-state index is 13.6. The van der Waals surface area contributed by atoms with Gasteiger partial charge in [-0.05, 0) is 55.8 Å². The van der Waals surface area contributed by atoms with E-state index in [0.717, 1.165) is 28.3 Å². The largest absolute Gasteiger partial charge is 0.497 e. The van der Waals surface area contributed by atoms with E-state index in [4.69, 9.17) is 21.4 Å². The molecule has 1 N–H and O–H groups in total. The molecule has 1 atom stereocenters. The number of rotatable bonds is 6. The lowest BCUT2D eigenvalue weighted by Crippen LogP contribution is -2.44. The summed E-state index contributed by atoms with van der Waals surface area (Å²) >= 11 is 7.93. The van der Waals surface area contributed by atoms with Crippen LogP contribution >= 0.6 is 23.4 Å². The highest BCUT2D eigenvalue weighted by molar-refractivity contribution is 8.00. The number of fused-ring (bicyclic) bond motifs is 1. The first-order valence-corrected chi connectivity index (χ1v) is 13.7. The van der Waals surface area contributed by atoms with Crippen LogP contribution in [0.5, 0.6) is 5.75 Å². The van der Waals surface area contributed by atoms with E-state index in [1.165, 1.54) is 11.8 Å². The monoisotopic (exact) mass is 540 g/mol. The first-order chi connectivity index (χ1) is 17.5. The van der Waals surface area contributed by atoms with E-state index in [0.29, 0.717) is 10.8 Å². The molecule has 7 nitrogen and oxygen atoms in total. The molecule has 2 amide bonds. The summed E-state index contributed by atoms with van der Waals surface area (Å²) in [6.07, 6.45) is 0. The molecule has 1 unspecified atom stereocenters. The number of thioether (sulfide) groups is 1. The van der Waals surface area contributed by atoms with Crippen LogP contribution in [0.15, 0.2) is 48.5 Å². The third kappa shape index (κ3) is 5.80. The van der Waals surface area contributed by atoms with Gasteiger partial charge < -0.3 is 10.1 Å². The van der Waals surface area contributed by atoms with Crippen LogP contribution in [-0.2, 0) is 15.0 Å². The molecule has 3 aromatic rings. The zero-order chi connectivity index (χ0) is 26.9. The van der Waals surface area contributed by atoms with Crippen LogP contribution in [0, 0.1) is 0 Å². The van der Waals surface area contributed by atoms with Crippen LogP contribution in [0.3, 0.4) is 0 Å². The first kappa shape index (κ1) is 27.1. The fraction of sp³-hybridized carbons (Fsp3) is 0.393. The highest BCUT2D eigenvalue weighted by Gasteiger charge is 2.40. The second-order valence-electron chi connectivity index (χ2n) is 10.4. The van der Waals surface area contributed by atoms with Crippen molar-refractivity contribution in [2.45, 2.75) is 51.3 Å². The summed E-state index contributed by atoms with van der Waals surface area (Å²) in [6, 6.07) is 15.2. The molecule has 37 heavy (non-hydrogen) atoms. The van der Waals surface area contributed by atoms with Gasteiger partial charge in [0.05, 0.1) is 29.5 Å². The number of methoxy groups -OCH3 is 1. The number of nitrogens with zero attached hydrogens (tertiary/aromatic N) is 3. The highest BCUT2D eigenvalue weighted by atomic mass is 35.5. The third-order valence-corrected chi connectivity index (χ3v) is 7.51. The Morgan fingerprint density at radius 3 is 2.51 bits per heavy atom. The lowest BCUT2D eigenvalue weighted by atomic mass is 9.87. The maximum absolute atomic E-state index is 13.6. The Morgan fingerprint density at radius 1 is 1.22 bits per heavy atom. The number of hydrogen-bond donors (Lipinski definition) is 1. The van der Waals surface area contributed by atoms with Gasteiger partial charge in [0.25, 0.3) is 0 Å². The number of halogens is 1. The Balaban J connectivity index is 2.00. The molecule has 0 bridgehead atoms. The SMILES string of the molecule is COc1ccc(-n2nc(C(C)(C)C)c3c2N(CC(=O)NC(C)C)C(=O)CSC3c2cccc(Cl)c2)cc1. The summed E-state index contributed by atoms with van der Waals surface area (Å²) in [6.45, 7) is 10.0. The Bertz CT molecular complexity index is 1300. The van der Waals surface area contributed by atoms with Gasteiger partial charge in [0.2, 0.25) is 11.8 Å². The van der Waals surface area contributed by atoms with Crippen LogP contribution in [-0.4, -0.2) is 47.0 Å². The molecule has 0 saturated heterocycles. The van der Waals surface area contributed by atoms with E-state index in [9.17, 15) is 9.59 Å². The third-order valence-electron chi connectivity index (χ3n) is 6.02. The molecule has 0 spiro atoms. The quantitative estimate of drug-likeness (QED) is 0.445. The van der Waals surface area contributed by atoms with Gasteiger partial charge in [-0.15, -0.1) is 11.8 Å². The van der Waals surface area contributed by atoms with E-state index in [2.05, 4.69) is 26.1 Å². The molecule has 2 heterocycles. The van der Waals surface area contributed by atoms with Crippen molar-refractivity contribution in [3.8, 4) is 11.4 Å². The summed E-state index contributed by atoms with van der Waals surface area (Å²) in [7, 11) is 1.62. The number of amides is 2. The van der Waals surface area contributed by atoms with Gasteiger partial charge in [0.1, 0.15) is 18.1 Å². The summed E-state index contributed by atoms with van der Waals surface area (Å²) in [5, 5.41) is 8.44. The van der Waals surface area contributed by atoms with Gasteiger partial charge in [-0.1, -0.05) is 44.5 Å². The number of carbonyl (C=O) groups is 2. The Morgan fingerprint density at radius 2 is 1.92 bits per heavy atom. The molecule has 9 heteroatoms. The zero-order valence-corrected chi connectivity index (χ0v) is 23.6. The van der Waals surface area contributed by atoms with Crippen molar-refractivity contribution < 1.29 is 14.3 Å². The average molecular weight is 541 g/mol. The van der Waals surface area contributed by atoms with E-state index in [1.54, 1.807) is 16.7 Å². The van der Waals surface area contributed by atoms with Crippen molar-refractivity contribution in [3.63, 3.8) is 0 Å². The number of hydrogen-bond acceptors (Lipinski definition) is 5.